The Morgan fingerprint density at radius 3 is 2.90 bits per heavy atom. The lowest BCUT2D eigenvalue weighted by atomic mass is 10.0. The number of rotatable bonds is 4. The van der Waals surface area contributed by atoms with Crippen molar-refractivity contribution in [2.45, 2.75) is 25.9 Å². The zero-order valence-corrected chi connectivity index (χ0v) is 11.7. The van der Waals surface area contributed by atoms with Crippen molar-refractivity contribution in [3.05, 3.63) is 42.1 Å². The molecule has 1 N–H and O–H groups in total. The lowest BCUT2D eigenvalue weighted by molar-refractivity contribution is 0.132. The van der Waals surface area contributed by atoms with Crippen molar-refractivity contribution in [1.82, 2.24) is 10.1 Å². The van der Waals surface area contributed by atoms with Crippen molar-refractivity contribution in [3.63, 3.8) is 0 Å². The number of hydrogen-bond donors (Lipinski definition) is 1. The molecule has 3 rings (SSSR count). The smallest absolute Gasteiger partial charge is 0.167 e. The lowest BCUT2D eigenvalue weighted by Crippen LogP contribution is -2.34. The van der Waals surface area contributed by atoms with Crippen LogP contribution in [0, 0.1) is 5.92 Å². The van der Waals surface area contributed by atoms with Crippen LogP contribution in [0.1, 0.15) is 19.0 Å². The van der Waals surface area contributed by atoms with E-state index in [2.05, 4.69) is 17.0 Å². The van der Waals surface area contributed by atoms with Gasteiger partial charge in [0.2, 0.25) is 0 Å². The zero-order chi connectivity index (χ0) is 13.9. The van der Waals surface area contributed by atoms with Crippen LogP contribution in [0.25, 0.3) is 11.3 Å². The van der Waals surface area contributed by atoms with Gasteiger partial charge in [-0.2, -0.15) is 0 Å². The van der Waals surface area contributed by atoms with E-state index < -0.39 is 0 Å². The van der Waals surface area contributed by atoms with Gasteiger partial charge >= 0.3 is 0 Å². The molecule has 2 heterocycles. The minimum atomic E-state index is 0.213. The van der Waals surface area contributed by atoms with Crippen molar-refractivity contribution in [2.24, 2.45) is 5.92 Å². The maximum atomic E-state index is 9.48. The molecule has 0 aliphatic carbocycles. The van der Waals surface area contributed by atoms with Gasteiger partial charge < -0.3 is 9.63 Å². The quantitative estimate of drug-likeness (QED) is 0.929. The molecule has 20 heavy (non-hydrogen) atoms. The Kier molecular flexibility index (Phi) is 3.85. The fraction of sp³-hybridized carbons (Fsp3) is 0.438. The second-order valence-corrected chi connectivity index (χ2v) is 5.53. The third-order valence-electron chi connectivity index (χ3n) is 4.17. The zero-order valence-electron chi connectivity index (χ0n) is 11.7. The van der Waals surface area contributed by atoms with Gasteiger partial charge in [-0.3, -0.25) is 4.90 Å². The largest absolute Gasteiger partial charge is 0.395 e. The molecule has 1 fully saturated rings. The van der Waals surface area contributed by atoms with Gasteiger partial charge in [0, 0.05) is 24.2 Å². The molecule has 0 saturated carbocycles. The monoisotopic (exact) mass is 272 g/mol. The first kappa shape index (κ1) is 13.3. The highest BCUT2D eigenvalue weighted by Crippen LogP contribution is 2.26. The molecular weight excluding hydrogens is 252 g/mol. The Hall–Kier alpha value is -1.65. The van der Waals surface area contributed by atoms with Crippen molar-refractivity contribution in [3.8, 4) is 11.3 Å². The van der Waals surface area contributed by atoms with Gasteiger partial charge in [-0.15, -0.1) is 0 Å². The first-order valence-electron chi connectivity index (χ1n) is 7.14. The minimum Gasteiger partial charge on any atom is -0.395 e. The van der Waals surface area contributed by atoms with E-state index in [0.717, 1.165) is 36.5 Å². The average Bonchev–Trinajstić information content (AvgIpc) is 3.08. The summed E-state index contributed by atoms with van der Waals surface area (Å²) in [5.74, 6) is 1.34. The highest BCUT2D eigenvalue weighted by molar-refractivity contribution is 5.56. The van der Waals surface area contributed by atoms with Crippen molar-refractivity contribution < 1.29 is 9.63 Å². The number of hydrogen-bond acceptors (Lipinski definition) is 4. The number of aliphatic hydroxyl groups is 1. The number of aromatic nitrogens is 1. The molecule has 2 atom stereocenters. The standard InChI is InChI=1S/C16H20N2O2/c1-12-7-8-18(15(12)11-19)10-14-9-16(20-17-14)13-5-3-2-4-6-13/h2-6,9,12,15,19H,7-8,10-11H2,1H3. The first-order valence-corrected chi connectivity index (χ1v) is 7.14. The molecule has 1 saturated heterocycles. The van der Waals surface area contributed by atoms with Crippen LogP contribution in [-0.4, -0.2) is 34.4 Å². The van der Waals surface area contributed by atoms with E-state index in [-0.39, 0.29) is 12.6 Å². The highest BCUT2D eigenvalue weighted by atomic mass is 16.5. The fourth-order valence-corrected chi connectivity index (χ4v) is 2.91. The van der Waals surface area contributed by atoms with Crippen LogP contribution in [0.15, 0.2) is 40.9 Å². The Morgan fingerprint density at radius 2 is 2.15 bits per heavy atom. The predicted molar refractivity (Wildman–Crippen MR) is 77.0 cm³/mol. The van der Waals surface area contributed by atoms with E-state index in [1.165, 1.54) is 0 Å². The first-order chi connectivity index (χ1) is 9.78. The predicted octanol–water partition coefficient (Wildman–Crippen LogP) is 2.54. The van der Waals surface area contributed by atoms with Gasteiger partial charge in [-0.1, -0.05) is 42.4 Å². The molecule has 2 unspecified atom stereocenters. The van der Waals surface area contributed by atoms with E-state index in [1.54, 1.807) is 0 Å². The number of nitrogens with zero attached hydrogens (tertiary/aromatic N) is 2. The van der Waals surface area contributed by atoms with Crippen molar-refractivity contribution in [1.29, 1.82) is 0 Å². The van der Waals surface area contributed by atoms with E-state index in [4.69, 9.17) is 4.52 Å². The molecule has 1 aromatic carbocycles. The van der Waals surface area contributed by atoms with Gasteiger partial charge in [-0.05, 0) is 18.9 Å². The average molecular weight is 272 g/mol. The highest BCUT2D eigenvalue weighted by Gasteiger charge is 2.30. The third-order valence-corrected chi connectivity index (χ3v) is 4.17. The van der Waals surface area contributed by atoms with Crippen LogP contribution in [0.2, 0.25) is 0 Å². The number of benzene rings is 1. The fourth-order valence-electron chi connectivity index (χ4n) is 2.91. The minimum absolute atomic E-state index is 0.213. The molecule has 1 aliphatic rings. The molecule has 0 spiro atoms. The summed E-state index contributed by atoms with van der Waals surface area (Å²) in [5, 5.41) is 13.6. The topological polar surface area (TPSA) is 49.5 Å². The molecule has 2 aromatic rings. The van der Waals surface area contributed by atoms with E-state index >= 15 is 0 Å². The van der Waals surface area contributed by atoms with E-state index in [9.17, 15) is 5.11 Å². The number of aliphatic hydroxyl groups excluding tert-OH is 1. The summed E-state index contributed by atoms with van der Waals surface area (Å²) < 4.78 is 5.42. The van der Waals surface area contributed by atoms with Gasteiger partial charge in [-0.25, -0.2) is 0 Å². The molecule has 4 nitrogen and oxygen atoms in total. The summed E-state index contributed by atoms with van der Waals surface area (Å²) in [4.78, 5) is 2.29. The van der Waals surface area contributed by atoms with Gasteiger partial charge in [0.25, 0.3) is 0 Å². The second kappa shape index (κ2) is 5.77. The third kappa shape index (κ3) is 2.62. The summed E-state index contributed by atoms with van der Waals surface area (Å²) in [6.07, 6.45) is 1.13. The van der Waals surface area contributed by atoms with Crippen LogP contribution in [-0.2, 0) is 6.54 Å². The summed E-state index contributed by atoms with van der Waals surface area (Å²) in [6, 6.07) is 12.2. The molecule has 1 aliphatic heterocycles. The SMILES string of the molecule is CC1CCN(Cc2cc(-c3ccccc3)on2)C1CO. The Balaban J connectivity index is 1.72. The molecule has 1 aromatic heterocycles. The normalized spacial score (nSPS) is 23.3. The van der Waals surface area contributed by atoms with Gasteiger partial charge in [0.15, 0.2) is 5.76 Å². The summed E-state index contributed by atoms with van der Waals surface area (Å²) in [5.41, 5.74) is 1.97. The van der Waals surface area contributed by atoms with Crippen LogP contribution in [0.5, 0.6) is 0 Å². The molecule has 0 radical (unpaired) electrons. The second-order valence-electron chi connectivity index (χ2n) is 5.53. The van der Waals surface area contributed by atoms with Crippen molar-refractivity contribution >= 4 is 0 Å². The summed E-state index contributed by atoms with van der Waals surface area (Å²) >= 11 is 0. The van der Waals surface area contributed by atoms with Crippen LogP contribution < -0.4 is 0 Å². The number of likely N-dealkylation sites (tertiary alicyclic amines) is 1. The van der Waals surface area contributed by atoms with E-state index in [0.29, 0.717) is 5.92 Å². The Morgan fingerprint density at radius 1 is 1.35 bits per heavy atom. The van der Waals surface area contributed by atoms with Crippen LogP contribution in [0.4, 0.5) is 0 Å². The molecular formula is C16H20N2O2. The maximum absolute atomic E-state index is 9.48. The van der Waals surface area contributed by atoms with Gasteiger partial charge in [0.1, 0.15) is 0 Å². The maximum Gasteiger partial charge on any atom is 0.167 e. The Bertz CT molecular complexity index is 553. The lowest BCUT2D eigenvalue weighted by Gasteiger charge is -2.23. The summed E-state index contributed by atoms with van der Waals surface area (Å²) in [7, 11) is 0. The van der Waals surface area contributed by atoms with Gasteiger partial charge in [0.05, 0.1) is 12.3 Å². The molecule has 0 bridgehead atoms. The summed E-state index contributed by atoms with van der Waals surface area (Å²) in [6.45, 7) is 4.16. The van der Waals surface area contributed by atoms with E-state index in [1.807, 2.05) is 36.4 Å². The van der Waals surface area contributed by atoms with Crippen molar-refractivity contribution in [2.75, 3.05) is 13.2 Å². The van der Waals surface area contributed by atoms with Crippen LogP contribution >= 0.6 is 0 Å². The molecule has 0 amide bonds. The van der Waals surface area contributed by atoms with Crippen LogP contribution in [0.3, 0.4) is 0 Å². The molecule has 106 valence electrons. The Labute approximate surface area is 119 Å². The molecule has 4 heteroatoms.